The number of rotatable bonds is 7. The Bertz CT molecular complexity index is 588. The molecule has 0 aliphatic carbocycles. The van der Waals surface area contributed by atoms with Gasteiger partial charge in [0.25, 0.3) is 0 Å². The highest BCUT2D eigenvalue weighted by Crippen LogP contribution is 2.19. The Morgan fingerprint density at radius 2 is 1.97 bits per heavy atom. The number of nitrogens with zero attached hydrogens (tertiary/aromatic N) is 2. The van der Waals surface area contributed by atoms with E-state index in [1.54, 1.807) is 7.11 Å². The van der Waals surface area contributed by atoms with Gasteiger partial charge < -0.3 is 24.4 Å². The summed E-state index contributed by atoms with van der Waals surface area (Å²) < 4.78 is 17.6. The number of methoxy groups -OCH3 is 1. The third-order valence-corrected chi connectivity index (χ3v) is 5.65. The van der Waals surface area contributed by atoms with Crippen LogP contribution in [0.1, 0.15) is 43.8 Å². The minimum atomic E-state index is 0. The monoisotopic (exact) mass is 517 g/mol. The van der Waals surface area contributed by atoms with Gasteiger partial charge in [0.15, 0.2) is 5.96 Å². The topological polar surface area (TPSA) is 55.3 Å². The number of hydrogen-bond donors (Lipinski definition) is 1. The van der Waals surface area contributed by atoms with E-state index in [0.717, 1.165) is 51.5 Å². The summed E-state index contributed by atoms with van der Waals surface area (Å²) in [6.07, 6.45) is 6.28. The highest BCUT2D eigenvalue weighted by Gasteiger charge is 2.24. The number of ether oxygens (including phenoxy) is 3. The summed E-state index contributed by atoms with van der Waals surface area (Å²) in [7, 11) is 3.59. The molecule has 0 radical (unpaired) electrons. The van der Waals surface area contributed by atoms with Crippen LogP contribution in [0.3, 0.4) is 0 Å². The molecule has 0 aromatic heterocycles. The van der Waals surface area contributed by atoms with E-state index >= 15 is 0 Å². The van der Waals surface area contributed by atoms with E-state index in [-0.39, 0.29) is 30.1 Å². The summed E-state index contributed by atoms with van der Waals surface area (Å²) in [4.78, 5) is 6.79. The molecule has 2 aliphatic rings. The van der Waals surface area contributed by atoms with E-state index in [9.17, 15) is 0 Å². The van der Waals surface area contributed by atoms with E-state index in [1.807, 2.05) is 25.2 Å². The van der Waals surface area contributed by atoms with E-state index in [2.05, 4.69) is 27.3 Å². The highest BCUT2D eigenvalue weighted by atomic mass is 127. The SMILES string of the molecule is CN=C(NCC(OC)c1ccccc1)N1CCC(OCC2CCCCO2)CC1.I. The molecule has 6 nitrogen and oxygen atoms in total. The van der Waals surface area contributed by atoms with Crippen LogP contribution in [0.4, 0.5) is 0 Å². The van der Waals surface area contributed by atoms with Gasteiger partial charge in [-0.3, -0.25) is 4.99 Å². The van der Waals surface area contributed by atoms with Crippen LogP contribution in [0.15, 0.2) is 35.3 Å². The van der Waals surface area contributed by atoms with Gasteiger partial charge in [-0.15, -0.1) is 24.0 Å². The van der Waals surface area contributed by atoms with Gasteiger partial charge in [0.05, 0.1) is 24.9 Å². The Morgan fingerprint density at radius 3 is 2.59 bits per heavy atom. The first-order valence-electron chi connectivity index (χ1n) is 10.6. The van der Waals surface area contributed by atoms with E-state index in [0.29, 0.717) is 18.8 Å². The van der Waals surface area contributed by atoms with Crippen molar-refractivity contribution in [1.29, 1.82) is 0 Å². The molecule has 7 heteroatoms. The quantitative estimate of drug-likeness (QED) is 0.340. The number of nitrogens with one attached hydrogen (secondary N) is 1. The molecule has 0 spiro atoms. The predicted octanol–water partition coefficient (Wildman–Crippen LogP) is 3.62. The molecule has 2 heterocycles. The number of guanidine groups is 1. The van der Waals surface area contributed by atoms with Crippen LogP contribution in [-0.4, -0.2) is 70.1 Å². The predicted molar refractivity (Wildman–Crippen MR) is 127 cm³/mol. The first kappa shape index (κ1) is 24.4. The maximum atomic E-state index is 6.13. The zero-order chi connectivity index (χ0) is 19.6. The van der Waals surface area contributed by atoms with Crippen LogP contribution in [0.2, 0.25) is 0 Å². The van der Waals surface area contributed by atoms with E-state index in [1.165, 1.54) is 18.4 Å². The number of piperidine rings is 1. The minimum Gasteiger partial charge on any atom is -0.376 e. The molecule has 1 N–H and O–H groups in total. The second kappa shape index (κ2) is 13.4. The third-order valence-electron chi connectivity index (χ3n) is 5.65. The first-order valence-corrected chi connectivity index (χ1v) is 10.6. The molecular formula is C22H36IN3O3. The van der Waals surface area contributed by atoms with Gasteiger partial charge in [0.1, 0.15) is 0 Å². The standard InChI is InChI=1S/C22H35N3O3.HI/c1-23-22(24-16-21(26-2)18-8-4-3-5-9-18)25-13-11-19(12-14-25)28-17-20-10-6-7-15-27-20;/h3-5,8-9,19-21H,6-7,10-17H2,1-2H3,(H,23,24);1H. The van der Waals surface area contributed by atoms with Gasteiger partial charge in [-0.2, -0.15) is 0 Å². The molecule has 2 fully saturated rings. The summed E-state index contributed by atoms with van der Waals surface area (Å²) in [6, 6.07) is 10.3. The molecule has 29 heavy (non-hydrogen) atoms. The summed E-state index contributed by atoms with van der Waals surface area (Å²) in [5.74, 6) is 0.937. The number of hydrogen-bond acceptors (Lipinski definition) is 4. The van der Waals surface area contributed by atoms with Crippen molar-refractivity contribution in [3.8, 4) is 0 Å². The first-order chi connectivity index (χ1) is 13.8. The number of halogens is 1. The third kappa shape index (κ3) is 7.70. The number of likely N-dealkylation sites (tertiary alicyclic amines) is 1. The van der Waals surface area contributed by atoms with Crippen LogP contribution in [0, 0.1) is 0 Å². The highest BCUT2D eigenvalue weighted by molar-refractivity contribution is 14.0. The Labute approximate surface area is 192 Å². The lowest BCUT2D eigenvalue weighted by Gasteiger charge is -2.35. The van der Waals surface area contributed by atoms with Gasteiger partial charge in [0, 0.05) is 40.4 Å². The molecular weight excluding hydrogens is 481 g/mol. The van der Waals surface area contributed by atoms with Crippen LogP contribution < -0.4 is 5.32 Å². The molecule has 164 valence electrons. The van der Waals surface area contributed by atoms with Crippen molar-refractivity contribution in [2.24, 2.45) is 4.99 Å². The maximum absolute atomic E-state index is 6.13. The molecule has 1 aromatic carbocycles. The fourth-order valence-electron chi connectivity index (χ4n) is 3.94. The summed E-state index contributed by atoms with van der Waals surface area (Å²) in [6.45, 7) is 4.24. The van der Waals surface area contributed by atoms with Gasteiger partial charge in [-0.1, -0.05) is 30.3 Å². The van der Waals surface area contributed by atoms with Gasteiger partial charge in [-0.25, -0.2) is 0 Å². The Kier molecular flexibility index (Phi) is 11.3. The van der Waals surface area contributed by atoms with Crippen molar-refractivity contribution < 1.29 is 14.2 Å². The Morgan fingerprint density at radius 1 is 1.21 bits per heavy atom. The molecule has 1 aromatic rings. The number of benzene rings is 1. The lowest BCUT2D eigenvalue weighted by atomic mass is 10.1. The van der Waals surface area contributed by atoms with Crippen molar-refractivity contribution in [3.05, 3.63) is 35.9 Å². The zero-order valence-corrected chi connectivity index (χ0v) is 20.0. The maximum Gasteiger partial charge on any atom is 0.193 e. The fourth-order valence-corrected chi connectivity index (χ4v) is 3.94. The van der Waals surface area contributed by atoms with Crippen LogP contribution >= 0.6 is 24.0 Å². The lowest BCUT2D eigenvalue weighted by Crippen LogP contribution is -2.48. The van der Waals surface area contributed by atoms with E-state index < -0.39 is 0 Å². The van der Waals surface area contributed by atoms with Crippen molar-refractivity contribution in [2.75, 3.05) is 47.0 Å². The van der Waals surface area contributed by atoms with Crippen LogP contribution in [0.5, 0.6) is 0 Å². The van der Waals surface area contributed by atoms with Crippen LogP contribution in [0.25, 0.3) is 0 Å². The summed E-state index contributed by atoms with van der Waals surface area (Å²) in [5.41, 5.74) is 1.17. The smallest absolute Gasteiger partial charge is 0.193 e. The van der Waals surface area contributed by atoms with Crippen molar-refractivity contribution in [2.45, 2.75) is 50.4 Å². The summed E-state index contributed by atoms with van der Waals surface area (Å²) >= 11 is 0. The van der Waals surface area contributed by atoms with Crippen molar-refractivity contribution in [1.82, 2.24) is 10.2 Å². The molecule has 2 atom stereocenters. The van der Waals surface area contributed by atoms with Crippen LogP contribution in [-0.2, 0) is 14.2 Å². The normalized spacial score (nSPS) is 22.1. The second-order valence-corrected chi connectivity index (χ2v) is 7.57. The summed E-state index contributed by atoms with van der Waals surface area (Å²) in [5, 5.41) is 3.48. The van der Waals surface area contributed by atoms with Gasteiger partial charge in [-0.05, 0) is 37.7 Å². The average Bonchev–Trinajstić information content (AvgIpc) is 2.77. The molecule has 0 bridgehead atoms. The molecule has 3 rings (SSSR count). The zero-order valence-electron chi connectivity index (χ0n) is 17.7. The van der Waals surface area contributed by atoms with E-state index in [4.69, 9.17) is 14.2 Å². The number of aliphatic imine (C=N–C) groups is 1. The molecule has 2 aliphatic heterocycles. The molecule has 2 saturated heterocycles. The van der Waals surface area contributed by atoms with Gasteiger partial charge in [0.2, 0.25) is 0 Å². The van der Waals surface area contributed by atoms with Gasteiger partial charge >= 0.3 is 0 Å². The minimum absolute atomic E-state index is 0. The molecule has 0 amide bonds. The molecule has 2 unspecified atom stereocenters. The Balaban J connectivity index is 0.00000300. The van der Waals surface area contributed by atoms with Crippen molar-refractivity contribution in [3.63, 3.8) is 0 Å². The average molecular weight is 517 g/mol. The lowest BCUT2D eigenvalue weighted by molar-refractivity contribution is -0.0721. The van der Waals surface area contributed by atoms with Crippen molar-refractivity contribution >= 4 is 29.9 Å². The largest absolute Gasteiger partial charge is 0.376 e. The molecule has 0 saturated carbocycles. The Hall–Kier alpha value is -0.900. The second-order valence-electron chi connectivity index (χ2n) is 7.57. The fraction of sp³-hybridized carbons (Fsp3) is 0.682.